The van der Waals surface area contributed by atoms with Crippen LogP contribution in [0.1, 0.15) is 0 Å². The van der Waals surface area contributed by atoms with Crippen molar-refractivity contribution in [2.75, 3.05) is 0 Å². The molecule has 0 spiro atoms. The second kappa shape index (κ2) is 16.1. The van der Waals surface area contributed by atoms with Crippen LogP contribution in [0.2, 0.25) is 0 Å². The Morgan fingerprint density at radius 3 is 1.00 bits per heavy atom. The molecule has 0 radical (unpaired) electrons. The minimum atomic E-state index is -2.17. The van der Waals surface area contributed by atoms with E-state index in [1.807, 2.05) is 0 Å². The summed E-state index contributed by atoms with van der Waals surface area (Å²) in [6, 6.07) is 0. The maximum atomic E-state index is 7.17. The largest absolute Gasteiger partial charge is 0 e. The molecule has 7 heavy (non-hydrogen) atoms. The molecule has 0 unspecified atom stereocenters. The summed E-state index contributed by atoms with van der Waals surface area (Å²) >= 11 is 0. The molecular formula is H5BKNaO3Zn. The van der Waals surface area contributed by atoms with Crippen LogP contribution in [0, 0.1) is 0 Å². The predicted molar refractivity (Wildman–Crippen MR) is 26.7 cm³/mol. The standard InChI is InChI=1S/BH3O3.K.Na.Zn.2H/c2-1(3)4;;;;;/h2-4H;;;;;. The molecule has 0 saturated heterocycles. The summed E-state index contributed by atoms with van der Waals surface area (Å²) in [6.45, 7) is 0. The fraction of sp³-hybridized carbons (Fsp3) is 0. The van der Waals surface area contributed by atoms with Crippen molar-refractivity contribution in [3.8, 4) is 0 Å². The first-order chi connectivity index (χ1) is 1.73. The fourth-order valence-corrected chi connectivity index (χ4v) is 0. The smallest absolute Gasteiger partial charge is 0 e. The zero-order valence-electron chi connectivity index (χ0n) is 2.63. The Labute approximate surface area is 120 Å². The minimum Gasteiger partial charge on any atom is 0 e. The van der Waals surface area contributed by atoms with E-state index in [1.165, 1.54) is 0 Å². The molecule has 0 atom stereocenters. The van der Waals surface area contributed by atoms with Gasteiger partial charge in [0.25, 0.3) is 0 Å². The quantitative estimate of drug-likeness (QED) is 0.351. The molecule has 30 valence electrons. The van der Waals surface area contributed by atoms with Gasteiger partial charge in [-0.15, -0.1) is 0 Å². The van der Waals surface area contributed by atoms with E-state index < -0.39 is 7.32 Å². The molecule has 0 rings (SSSR count). The van der Waals surface area contributed by atoms with Gasteiger partial charge < -0.3 is 15.1 Å². The van der Waals surface area contributed by atoms with Crippen molar-refractivity contribution in [3.63, 3.8) is 0 Å². The molecule has 0 aliphatic heterocycles. The van der Waals surface area contributed by atoms with Gasteiger partial charge in [0.05, 0.1) is 0 Å². The molecule has 7 heteroatoms. The van der Waals surface area contributed by atoms with Gasteiger partial charge >= 0.3 is 88.3 Å². The Hall–Kier alpha value is 3.20. The van der Waals surface area contributed by atoms with E-state index >= 15 is 0 Å². The van der Waals surface area contributed by atoms with Gasteiger partial charge in [0, 0.05) is 19.5 Å². The Morgan fingerprint density at radius 1 is 1.00 bits per heavy atom. The van der Waals surface area contributed by atoms with Crippen molar-refractivity contribution < 1.29 is 34.6 Å². The third kappa shape index (κ3) is 46.5. The van der Waals surface area contributed by atoms with E-state index in [1.54, 1.807) is 0 Å². The van der Waals surface area contributed by atoms with E-state index in [4.69, 9.17) is 15.1 Å². The maximum Gasteiger partial charge on any atom is 0 e. The molecule has 3 N–H and O–H groups in total. The molecule has 0 aliphatic carbocycles. The number of hydrogen-bond acceptors (Lipinski definition) is 3. The van der Waals surface area contributed by atoms with Crippen LogP contribution in [0.3, 0.4) is 0 Å². The van der Waals surface area contributed by atoms with Crippen LogP contribution < -0.4 is 0 Å². The van der Waals surface area contributed by atoms with Crippen LogP contribution in [-0.2, 0) is 19.5 Å². The second-order valence-corrected chi connectivity index (χ2v) is 0.346. The van der Waals surface area contributed by atoms with Gasteiger partial charge in [-0.3, -0.25) is 0 Å². The first kappa shape index (κ1) is 22.5. The molecule has 0 bridgehead atoms. The van der Waals surface area contributed by atoms with Crippen molar-refractivity contribution in [1.29, 1.82) is 0 Å². The summed E-state index contributed by atoms with van der Waals surface area (Å²) in [6.07, 6.45) is 0. The molecule has 0 aromatic rings. The summed E-state index contributed by atoms with van der Waals surface area (Å²) in [5, 5.41) is 21.5. The Balaban J connectivity index is -0.0000000150. The van der Waals surface area contributed by atoms with Gasteiger partial charge in [0.2, 0.25) is 0 Å². The van der Waals surface area contributed by atoms with Crippen LogP contribution in [0.5, 0.6) is 0 Å². The van der Waals surface area contributed by atoms with Gasteiger partial charge in [-0.05, 0) is 0 Å². The van der Waals surface area contributed by atoms with Gasteiger partial charge in [0.15, 0.2) is 0 Å². The molecule has 0 aliphatic rings. The maximum absolute atomic E-state index is 7.17. The third-order valence-corrected chi connectivity index (χ3v) is 0. The van der Waals surface area contributed by atoms with Crippen molar-refractivity contribution in [3.05, 3.63) is 0 Å². The first-order valence-corrected chi connectivity index (χ1v) is 0.775. The van der Waals surface area contributed by atoms with E-state index in [2.05, 4.69) is 0 Å². The van der Waals surface area contributed by atoms with E-state index in [9.17, 15) is 0 Å². The van der Waals surface area contributed by atoms with Crippen LogP contribution in [0.15, 0.2) is 0 Å². The molecule has 0 heterocycles. The Morgan fingerprint density at radius 2 is 1.00 bits per heavy atom. The summed E-state index contributed by atoms with van der Waals surface area (Å²) in [5.41, 5.74) is 0. The average molecular weight is 191 g/mol. The van der Waals surface area contributed by atoms with E-state index in [0.717, 1.165) is 0 Å². The van der Waals surface area contributed by atoms with Crippen LogP contribution in [-0.4, -0.2) is 103 Å². The van der Waals surface area contributed by atoms with Crippen molar-refractivity contribution in [2.24, 2.45) is 0 Å². The molecule has 0 amide bonds. The second-order valence-electron chi connectivity index (χ2n) is 0.346. The van der Waals surface area contributed by atoms with Crippen molar-refractivity contribution >= 4 is 88.3 Å². The van der Waals surface area contributed by atoms with Gasteiger partial charge in [-0.1, -0.05) is 0 Å². The van der Waals surface area contributed by atoms with Crippen LogP contribution in [0.4, 0.5) is 0 Å². The van der Waals surface area contributed by atoms with Gasteiger partial charge in [0.1, 0.15) is 0 Å². The number of rotatable bonds is 0. The molecule has 0 aromatic carbocycles. The third-order valence-electron chi connectivity index (χ3n) is 0. The first-order valence-electron chi connectivity index (χ1n) is 0.775. The molecular weight excluding hydrogens is 186 g/mol. The monoisotopic (exact) mass is 190 g/mol. The normalized spacial score (nSPS) is 3.86. The van der Waals surface area contributed by atoms with E-state index in [-0.39, 0.29) is 100 Å². The topological polar surface area (TPSA) is 60.7 Å². The Bertz CT molecular complexity index is 19.7. The summed E-state index contributed by atoms with van der Waals surface area (Å²) < 4.78 is 0. The SMILES string of the molecule is OB(O)O.[KH].[NaH].[Zn]. The molecule has 3 nitrogen and oxygen atoms in total. The molecule has 0 fully saturated rings. The van der Waals surface area contributed by atoms with E-state index in [0.29, 0.717) is 0 Å². The number of hydrogen-bond donors (Lipinski definition) is 3. The van der Waals surface area contributed by atoms with Crippen molar-refractivity contribution in [1.82, 2.24) is 0 Å². The van der Waals surface area contributed by atoms with Gasteiger partial charge in [-0.2, -0.15) is 0 Å². The zero-order valence-corrected chi connectivity index (χ0v) is 5.59. The minimum absolute atomic E-state index is 0. The summed E-state index contributed by atoms with van der Waals surface area (Å²) in [4.78, 5) is 0. The van der Waals surface area contributed by atoms with Crippen LogP contribution >= 0.6 is 0 Å². The summed E-state index contributed by atoms with van der Waals surface area (Å²) in [5.74, 6) is 0. The zero-order chi connectivity index (χ0) is 3.58. The van der Waals surface area contributed by atoms with Crippen molar-refractivity contribution in [2.45, 2.75) is 0 Å². The fourth-order valence-electron chi connectivity index (χ4n) is 0. The molecule has 0 aromatic heterocycles. The summed E-state index contributed by atoms with van der Waals surface area (Å²) in [7, 11) is -2.17. The molecule has 0 saturated carbocycles. The average Bonchev–Trinajstić information content (AvgIpc) is 0.811. The Kier molecular flexibility index (Phi) is 51.6. The van der Waals surface area contributed by atoms with Crippen LogP contribution in [0.25, 0.3) is 0 Å². The predicted octanol–water partition coefficient (Wildman–Crippen LogP) is -3.35. The van der Waals surface area contributed by atoms with Gasteiger partial charge in [-0.25, -0.2) is 0 Å².